The Morgan fingerprint density at radius 2 is 1.53 bits per heavy atom. The average molecular weight is 482 g/mol. The van der Waals surface area contributed by atoms with Crippen LogP contribution in [-0.2, 0) is 4.79 Å². The van der Waals surface area contributed by atoms with E-state index in [9.17, 15) is 19.7 Å². The molecule has 0 bridgehead atoms. The lowest BCUT2D eigenvalue weighted by molar-refractivity contribution is -0.384. The van der Waals surface area contributed by atoms with Gasteiger partial charge < -0.3 is 20.1 Å². The van der Waals surface area contributed by atoms with Crippen LogP contribution in [0.3, 0.4) is 0 Å². The number of non-ortho nitro benzene ring substituents is 1. The van der Waals surface area contributed by atoms with Gasteiger partial charge in [-0.15, -0.1) is 11.8 Å². The monoisotopic (exact) mass is 481 g/mol. The van der Waals surface area contributed by atoms with E-state index in [0.717, 1.165) is 4.90 Å². The van der Waals surface area contributed by atoms with Crippen molar-refractivity contribution in [2.75, 3.05) is 24.9 Å². The molecule has 0 saturated heterocycles. The predicted molar refractivity (Wildman–Crippen MR) is 131 cm³/mol. The summed E-state index contributed by atoms with van der Waals surface area (Å²) in [4.78, 5) is 36.5. The maximum atomic E-state index is 12.9. The van der Waals surface area contributed by atoms with Crippen molar-refractivity contribution in [2.45, 2.75) is 17.1 Å². The molecule has 0 aliphatic heterocycles. The summed E-state index contributed by atoms with van der Waals surface area (Å²) < 4.78 is 10.6. The molecule has 3 aromatic rings. The largest absolute Gasteiger partial charge is 0.496 e. The molecule has 0 fully saturated rings. The molecule has 2 N–H and O–H groups in total. The van der Waals surface area contributed by atoms with Crippen LogP contribution in [0.4, 0.5) is 17.1 Å². The first-order chi connectivity index (χ1) is 16.3. The number of thioether (sulfide) groups is 1. The van der Waals surface area contributed by atoms with E-state index in [1.165, 1.54) is 50.2 Å². The number of methoxy groups -OCH3 is 2. The Kier molecular flexibility index (Phi) is 8.10. The predicted octanol–water partition coefficient (Wildman–Crippen LogP) is 4.98. The third-order valence-electron chi connectivity index (χ3n) is 4.77. The molecular weight excluding hydrogens is 458 g/mol. The standard InChI is InChI=1S/C24H23N3O6S/c1-15(23(28)25-16-10-12-18(13-11-16)27(30)31)34-19-7-4-6-17(14-19)26-24(29)22-20(32-2)8-5-9-21(22)33-3/h4-15H,1-3H3,(H,25,28)(H,26,29). The SMILES string of the molecule is COc1cccc(OC)c1C(=O)Nc1cccc(SC(C)C(=O)Nc2ccc([N+](=O)[O-])cc2)c1. The first-order valence-corrected chi connectivity index (χ1v) is 11.0. The molecule has 3 rings (SSSR count). The van der Waals surface area contributed by atoms with E-state index in [-0.39, 0.29) is 23.1 Å². The molecule has 1 atom stereocenters. The Bertz CT molecular complexity index is 1180. The first kappa shape index (κ1) is 24.6. The zero-order chi connectivity index (χ0) is 24.7. The fraction of sp³-hybridized carbons (Fsp3) is 0.167. The minimum Gasteiger partial charge on any atom is -0.496 e. The Morgan fingerprint density at radius 3 is 2.12 bits per heavy atom. The number of carbonyl (C=O) groups is 2. The van der Waals surface area contributed by atoms with Crippen LogP contribution in [0, 0.1) is 10.1 Å². The van der Waals surface area contributed by atoms with Crippen molar-refractivity contribution in [2.24, 2.45) is 0 Å². The lowest BCUT2D eigenvalue weighted by Gasteiger charge is -2.14. The van der Waals surface area contributed by atoms with Crippen molar-refractivity contribution >= 4 is 40.6 Å². The van der Waals surface area contributed by atoms with Crippen LogP contribution >= 0.6 is 11.8 Å². The Balaban J connectivity index is 1.67. The molecule has 1 unspecified atom stereocenters. The van der Waals surface area contributed by atoms with Crippen LogP contribution in [0.5, 0.6) is 11.5 Å². The van der Waals surface area contributed by atoms with Gasteiger partial charge >= 0.3 is 0 Å². The minimum absolute atomic E-state index is 0.0509. The molecule has 0 spiro atoms. The molecule has 0 aliphatic rings. The number of amides is 2. The highest BCUT2D eigenvalue weighted by atomic mass is 32.2. The topological polar surface area (TPSA) is 120 Å². The van der Waals surface area contributed by atoms with Crippen molar-refractivity contribution in [1.29, 1.82) is 0 Å². The number of carbonyl (C=O) groups excluding carboxylic acids is 2. The van der Waals surface area contributed by atoms with E-state index < -0.39 is 10.2 Å². The maximum absolute atomic E-state index is 12.9. The van der Waals surface area contributed by atoms with E-state index in [1.54, 1.807) is 43.3 Å². The summed E-state index contributed by atoms with van der Waals surface area (Å²) in [6.07, 6.45) is 0. The molecule has 2 amide bonds. The number of benzene rings is 3. The molecule has 3 aromatic carbocycles. The van der Waals surface area contributed by atoms with Crippen molar-refractivity contribution in [3.05, 3.63) is 82.4 Å². The number of nitro groups is 1. The van der Waals surface area contributed by atoms with Crippen molar-refractivity contribution < 1.29 is 24.0 Å². The van der Waals surface area contributed by atoms with Crippen LogP contribution in [0.25, 0.3) is 0 Å². The number of rotatable bonds is 9. The van der Waals surface area contributed by atoms with Crippen LogP contribution in [0.2, 0.25) is 0 Å². The van der Waals surface area contributed by atoms with Crippen molar-refractivity contribution in [1.82, 2.24) is 0 Å². The third kappa shape index (κ3) is 6.04. The van der Waals surface area contributed by atoms with Gasteiger partial charge in [-0.25, -0.2) is 0 Å². The van der Waals surface area contributed by atoms with E-state index in [1.807, 2.05) is 6.07 Å². The molecule has 0 radical (unpaired) electrons. The van der Waals surface area contributed by atoms with Gasteiger partial charge in [0.05, 0.1) is 24.4 Å². The number of nitrogens with one attached hydrogen (secondary N) is 2. The Hall–Kier alpha value is -4.05. The van der Waals surface area contributed by atoms with E-state index in [4.69, 9.17) is 9.47 Å². The smallest absolute Gasteiger partial charge is 0.269 e. The molecule has 0 saturated carbocycles. The fourth-order valence-electron chi connectivity index (χ4n) is 3.08. The van der Waals surface area contributed by atoms with Gasteiger partial charge in [-0.3, -0.25) is 19.7 Å². The summed E-state index contributed by atoms with van der Waals surface area (Å²) >= 11 is 1.31. The highest BCUT2D eigenvalue weighted by molar-refractivity contribution is 8.00. The van der Waals surface area contributed by atoms with Crippen LogP contribution in [-0.4, -0.2) is 36.2 Å². The maximum Gasteiger partial charge on any atom is 0.269 e. The van der Waals surface area contributed by atoms with Crippen LogP contribution < -0.4 is 20.1 Å². The highest BCUT2D eigenvalue weighted by Crippen LogP contribution is 2.31. The molecule has 34 heavy (non-hydrogen) atoms. The summed E-state index contributed by atoms with van der Waals surface area (Å²) in [5.74, 6) is 0.130. The average Bonchev–Trinajstić information content (AvgIpc) is 2.83. The molecule has 0 heterocycles. The van der Waals surface area contributed by atoms with Crippen LogP contribution in [0.15, 0.2) is 71.6 Å². The summed E-state index contributed by atoms with van der Waals surface area (Å²) in [6.45, 7) is 1.75. The quantitative estimate of drug-likeness (QED) is 0.251. The third-order valence-corrected chi connectivity index (χ3v) is 5.87. The summed E-state index contributed by atoms with van der Waals surface area (Å²) in [7, 11) is 2.96. The number of nitro benzene ring substituents is 1. The molecule has 9 nitrogen and oxygen atoms in total. The van der Waals surface area contributed by atoms with Gasteiger partial charge in [0.1, 0.15) is 17.1 Å². The number of nitrogens with zero attached hydrogens (tertiary/aromatic N) is 1. The molecule has 176 valence electrons. The zero-order valence-corrected chi connectivity index (χ0v) is 19.5. The van der Waals surface area contributed by atoms with Gasteiger partial charge in [0.25, 0.3) is 11.6 Å². The summed E-state index contributed by atoms with van der Waals surface area (Å²) in [6, 6.07) is 17.8. The summed E-state index contributed by atoms with van der Waals surface area (Å²) in [5, 5.41) is 15.9. The van der Waals surface area contributed by atoms with Crippen molar-refractivity contribution in [3.63, 3.8) is 0 Å². The fourth-order valence-corrected chi connectivity index (χ4v) is 4.01. The van der Waals surface area contributed by atoms with Crippen molar-refractivity contribution in [3.8, 4) is 11.5 Å². The lowest BCUT2D eigenvalue weighted by Crippen LogP contribution is -2.22. The lowest BCUT2D eigenvalue weighted by atomic mass is 10.1. The number of anilines is 2. The second-order valence-corrected chi connectivity index (χ2v) is 8.49. The minimum atomic E-state index is -0.500. The highest BCUT2D eigenvalue weighted by Gasteiger charge is 2.19. The summed E-state index contributed by atoms with van der Waals surface area (Å²) in [5.41, 5.74) is 1.24. The van der Waals surface area contributed by atoms with E-state index in [0.29, 0.717) is 22.9 Å². The van der Waals surface area contributed by atoms with Gasteiger partial charge in [0.2, 0.25) is 5.91 Å². The van der Waals surface area contributed by atoms with Gasteiger partial charge in [0.15, 0.2) is 0 Å². The Morgan fingerprint density at radius 1 is 0.912 bits per heavy atom. The molecule has 10 heteroatoms. The normalized spacial score (nSPS) is 11.3. The second-order valence-electron chi connectivity index (χ2n) is 7.07. The van der Waals surface area contributed by atoms with E-state index >= 15 is 0 Å². The van der Waals surface area contributed by atoms with Gasteiger partial charge in [-0.1, -0.05) is 12.1 Å². The molecule has 0 aliphatic carbocycles. The molecular formula is C24H23N3O6S. The number of hydrogen-bond acceptors (Lipinski definition) is 7. The number of ether oxygens (including phenoxy) is 2. The van der Waals surface area contributed by atoms with Gasteiger partial charge in [-0.2, -0.15) is 0 Å². The van der Waals surface area contributed by atoms with E-state index in [2.05, 4.69) is 10.6 Å². The zero-order valence-electron chi connectivity index (χ0n) is 18.7. The second kappa shape index (κ2) is 11.2. The van der Waals surface area contributed by atoms with Gasteiger partial charge in [-0.05, 0) is 49.4 Å². The Labute approximate surface area is 200 Å². The number of hydrogen-bond donors (Lipinski definition) is 2. The van der Waals surface area contributed by atoms with Gasteiger partial charge in [0, 0.05) is 28.4 Å². The first-order valence-electron chi connectivity index (χ1n) is 10.2. The van der Waals surface area contributed by atoms with Crippen LogP contribution in [0.1, 0.15) is 17.3 Å². The molecule has 0 aromatic heterocycles.